The average molecular weight is 333 g/mol. The Bertz CT molecular complexity index is 824. The van der Waals surface area contributed by atoms with E-state index in [2.05, 4.69) is 10.3 Å². The second kappa shape index (κ2) is 5.88. The first-order valence-electron chi connectivity index (χ1n) is 6.90. The molecule has 23 heavy (non-hydrogen) atoms. The number of nitrogens with zero attached hydrogens (tertiary/aromatic N) is 2. The molecule has 0 saturated heterocycles. The van der Waals surface area contributed by atoms with E-state index in [1.807, 2.05) is 0 Å². The number of nitrogens with one attached hydrogen (secondary N) is 1. The molecule has 3 rings (SSSR count). The summed E-state index contributed by atoms with van der Waals surface area (Å²) in [4.78, 5) is 16.4. The summed E-state index contributed by atoms with van der Waals surface area (Å²) in [6.45, 7) is -0.0888. The van der Waals surface area contributed by atoms with Gasteiger partial charge in [-0.15, -0.1) is 0 Å². The van der Waals surface area contributed by atoms with Crippen molar-refractivity contribution in [3.8, 4) is 5.75 Å². The zero-order valence-electron chi connectivity index (χ0n) is 12.3. The summed E-state index contributed by atoms with van der Waals surface area (Å²) in [7, 11) is -3.52. The Morgan fingerprint density at radius 3 is 2.70 bits per heavy atom. The maximum atomic E-state index is 12.4. The third-order valence-corrected chi connectivity index (χ3v) is 4.49. The van der Waals surface area contributed by atoms with Crippen molar-refractivity contribution in [1.82, 2.24) is 4.98 Å². The van der Waals surface area contributed by atoms with Crippen LogP contribution in [-0.4, -0.2) is 38.2 Å². The van der Waals surface area contributed by atoms with Crippen molar-refractivity contribution in [1.29, 1.82) is 0 Å². The van der Waals surface area contributed by atoms with Gasteiger partial charge >= 0.3 is 0 Å². The summed E-state index contributed by atoms with van der Waals surface area (Å²) in [5.41, 5.74) is 0.428. The van der Waals surface area contributed by atoms with Crippen molar-refractivity contribution in [3.05, 3.63) is 48.7 Å². The highest BCUT2D eigenvalue weighted by Gasteiger charge is 2.34. The van der Waals surface area contributed by atoms with E-state index in [1.165, 1.54) is 4.31 Å². The molecule has 8 heteroatoms. The van der Waals surface area contributed by atoms with Crippen LogP contribution >= 0.6 is 0 Å². The lowest BCUT2D eigenvalue weighted by Crippen LogP contribution is -2.48. The fourth-order valence-corrected chi connectivity index (χ4v) is 3.21. The summed E-state index contributed by atoms with van der Waals surface area (Å²) in [6, 6.07) is 11.8. The number of sulfonamides is 1. The second-order valence-electron chi connectivity index (χ2n) is 5.07. The normalized spacial score (nSPS) is 17.1. The monoisotopic (exact) mass is 333 g/mol. The number of hydrogen-bond acceptors (Lipinski definition) is 5. The van der Waals surface area contributed by atoms with Gasteiger partial charge in [0.25, 0.3) is 5.91 Å². The van der Waals surface area contributed by atoms with Gasteiger partial charge in [0, 0.05) is 6.20 Å². The number of carbonyl (C=O) groups excluding carboxylic acids is 1. The molecule has 0 spiro atoms. The summed E-state index contributed by atoms with van der Waals surface area (Å²) >= 11 is 0. The molecule has 1 aliphatic heterocycles. The standard InChI is InChI=1S/C15H15N3O4S/c1-23(20,21)18-10-13(22-12-7-3-2-6-11(12)18)15(19)17-14-8-4-5-9-16-14/h2-9,13H,10H2,1H3,(H,16,17,19)/t13-/m1/s1. The van der Waals surface area contributed by atoms with Crippen molar-refractivity contribution in [2.45, 2.75) is 6.10 Å². The van der Waals surface area contributed by atoms with E-state index in [4.69, 9.17) is 4.74 Å². The van der Waals surface area contributed by atoms with Gasteiger partial charge in [0.2, 0.25) is 10.0 Å². The van der Waals surface area contributed by atoms with Gasteiger partial charge in [-0.1, -0.05) is 18.2 Å². The number of rotatable bonds is 3. The second-order valence-corrected chi connectivity index (χ2v) is 6.98. The summed E-state index contributed by atoms with van der Waals surface area (Å²) < 4.78 is 30.8. The molecule has 1 aliphatic rings. The lowest BCUT2D eigenvalue weighted by Gasteiger charge is -2.33. The van der Waals surface area contributed by atoms with Gasteiger partial charge in [-0.2, -0.15) is 0 Å². The summed E-state index contributed by atoms with van der Waals surface area (Å²) in [6.07, 6.45) is 1.69. The minimum Gasteiger partial charge on any atom is -0.476 e. The molecule has 0 fully saturated rings. The van der Waals surface area contributed by atoms with Crippen LogP contribution < -0.4 is 14.4 Å². The van der Waals surface area contributed by atoms with Gasteiger partial charge in [-0.25, -0.2) is 13.4 Å². The molecule has 0 unspecified atom stereocenters. The zero-order valence-corrected chi connectivity index (χ0v) is 13.2. The minimum atomic E-state index is -3.52. The van der Waals surface area contributed by atoms with Crippen LogP contribution in [0.4, 0.5) is 11.5 Å². The molecular weight excluding hydrogens is 318 g/mol. The van der Waals surface area contributed by atoms with Crippen LogP contribution in [0.25, 0.3) is 0 Å². The number of ether oxygens (including phenoxy) is 1. The van der Waals surface area contributed by atoms with Crippen LogP contribution in [0.1, 0.15) is 0 Å². The molecule has 1 aromatic heterocycles. The smallest absolute Gasteiger partial charge is 0.268 e. The van der Waals surface area contributed by atoms with Crippen LogP contribution in [0, 0.1) is 0 Å². The number of pyridine rings is 1. The Kier molecular flexibility index (Phi) is 3.91. The SMILES string of the molecule is CS(=O)(=O)N1C[C@H](C(=O)Nc2ccccn2)Oc2ccccc21. The molecule has 7 nitrogen and oxygen atoms in total. The predicted molar refractivity (Wildman–Crippen MR) is 85.9 cm³/mol. The van der Waals surface area contributed by atoms with Crippen molar-refractivity contribution < 1.29 is 17.9 Å². The number of anilines is 2. The molecular formula is C15H15N3O4S. The third-order valence-electron chi connectivity index (χ3n) is 3.34. The lowest BCUT2D eigenvalue weighted by molar-refractivity contribution is -0.122. The van der Waals surface area contributed by atoms with Gasteiger partial charge in [-0.3, -0.25) is 9.10 Å². The Hall–Kier alpha value is -2.61. The largest absolute Gasteiger partial charge is 0.476 e. The Morgan fingerprint density at radius 1 is 1.26 bits per heavy atom. The lowest BCUT2D eigenvalue weighted by atomic mass is 10.2. The number of hydrogen-bond donors (Lipinski definition) is 1. The fraction of sp³-hybridized carbons (Fsp3) is 0.200. The third kappa shape index (κ3) is 3.26. The van der Waals surface area contributed by atoms with E-state index in [-0.39, 0.29) is 6.54 Å². The quantitative estimate of drug-likeness (QED) is 0.913. The molecule has 1 aromatic carbocycles. The molecule has 120 valence electrons. The Labute approximate surface area is 134 Å². The highest BCUT2D eigenvalue weighted by Crippen LogP contribution is 2.34. The van der Waals surface area contributed by atoms with Gasteiger partial charge in [0.1, 0.15) is 11.6 Å². The molecule has 0 saturated carbocycles. The van der Waals surface area contributed by atoms with Gasteiger partial charge in [-0.05, 0) is 24.3 Å². The molecule has 0 bridgehead atoms. The molecule has 1 atom stereocenters. The van der Waals surface area contributed by atoms with Crippen molar-refractivity contribution in [2.75, 3.05) is 22.4 Å². The molecule has 0 aliphatic carbocycles. The highest BCUT2D eigenvalue weighted by molar-refractivity contribution is 7.92. The van der Waals surface area contributed by atoms with E-state index >= 15 is 0 Å². The Morgan fingerprint density at radius 2 is 2.00 bits per heavy atom. The van der Waals surface area contributed by atoms with E-state index in [0.717, 1.165) is 6.26 Å². The highest BCUT2D eigenvalue weighted by atomic mass is 32.2. The predicted octanol–water partition coefficient (Wildman–Crippen LogP) is 1.25. The summed E-state index contributed by atoms with van der Waals surface area (Å²) in [5, 5.41) is 2.62. The van der Waals surface area contributed by atoms with E-state index in [1.54, 1.807) is 48.7 Å². The van der Waals surface area contributed by atoms with E-state index < -0.39 is 22.0 Å². The molecule has 2 aromatic rings. The van der Waals surface area contributed by atoms with Crippen molar-refractivity contribution >= 4 is 27.4 Å². The minimum absolute atomic E-state index is 0.0888. The maximum absolute atomic E-state index is 12.4. The topological polar surface area (TPSA) is 88.6 Å². The van der Waals surface area contributed by atoms with E-state index in [0.29, 0.717) is 17.3 Å². The van der Waals surface area contributed by atoms with Gasteiger partial charge in [0.05, 0.1) is 18.5 Å². The number of para-hydroxylation sites is 2. The first-order chi connectivity index (χ1) is 10.9. The molecule has 2 heterocycles. The maximum Gasteiger partial charge on any atom is 0.268 e. The number of benzene rings is 1. The summed E-state index contributed by atoms with van der Waals surface area (Å²) in [5.74, 6) is 0.281. The first kappa shape index (κ1) is 15.3. The number of carbonyl (C=O) groups is 1. The van der Waals surface area contributed by atoms with Crippen LogP contribution in [0.2, 0.25) is 0 Å². The molecule has 1 N–H and O–H groups in total. The Balaban J connectivity index is 1.87. The number of amides is 1. The van der Waals surface area contributed by atoms with Gasteiger partial charge in [0.15, 0.2) is 6.10 Å². The van der Waals surface area contributed by atoms with E-state index in [9.17, 15) is 13.2 Å². The average Bonchev–Trinajstić information content (AvgIpc) is 2.54. The molecule has 0 radical (unpaired) electrons. The van der Waals surface area contributed by atoms with Crippen LogP contribution in [-0.2, 0) is 14.8 Å². The molecule has 1 amide bonds. The number of aromatic nitrogens is 1. The van der Waals surface area contributed by atoms with Gasteiger partial charge < -0.3 is 10.1 Å². The number of fused-ring (bicyclic) bond motifs is 1. The van der Waals surface area contributed by atoms with Crippen molar-refractivity contribution in [2.24, 2.45) is 0 Å². The fourth-order valence-electron chi connectivity index (χ4n) is 2.30. The first-order valence-corrected chi connectivity index (χ1v) is 8.75. The zero-order chi connectivity index (χ0) is 16.4. The van der Waals surface area contributed by atoms with Crippen LogP contribution in [0.15, 0.2) is 48.7 Å². The van der Waals surface area contributed by atoms with Crippen LogP contribution in [0.5, 0.6) is 5.75 Å². The van der Waals surface area contributed by atoms with Crippen LogP contribution in [0.3, 0.4) is 0 Å². The van der Waals surface area contributed by atoms with Crippen molar-refractivity contribution in [3.63, 3.8) is 0 Å².